The number of nitriles is 1. The predicted molar refractivity (Wildman–Crippen MR) is 90.0 cm³/mol. The number of carbonyl (C=O) groups excluding carboxylic acids is 2. The Kier molecular flexibility index (Phi) is 5.17. The number of anilines is 1. The second-order valence-electron chi connectivity index (χ2n) is 6.64. The largest absolute Gasteiger partial charge is 0.382 e. The van der Waals surface area contributed by atoms with Gasteiger partial charge in [0.25, 0.3) is 0 Å². The average molecular weight is 344 g/mol. The molecule has 1 saturated carbocycles. The van der Waals surface area contributed by atoms with Crippen LogP contribution >= 0.6 is 0 Å². The van der Waals surface area contributed by atoms with Crippen LogP contribution in [0.4, 0.5) is 10.1 Å². The van der Waals surface area contributed by atoms with Crippen molar-refractivity contribution in [2.24, 2.45) is 11.8 Å². The van der Waals surface area contributed by atoms with Crippen molar-refractivity contribution in [3.8, 4) is 6.07 Å². The molecule has 1 aromatic carbocycles. The van der Waals surface area contributed by atoms with Crippen LogP contribution in [0.25, 0.3) is 0 Å². The third-order valence-corrected chi connectivity index (χ3v) is 4.63. The summed E-state index contributed by atoms with van der Waals surface area (Å²) in [5.41, 5.74) is 0.370. The molecule has 1 atom stereocenters. The van der Waals surface area contributed by atoms with Crippen molar-refractivity contribution in [1.29, 1.82) is 5.26 Å². The number of likely N-dealkylation sites (tertiary alicyclic amines) is 1. The number of amides is 2. The highest BCUT2D eigenvalue weighted by Gasteiger charge is 2.36. The number of nitrogens with zero attached hydrogens (tertiary/aromatic N) is 2. The van der Waals surface area contributed by atoms with Crippen LogP contribution in [0.15, 0.2) is 18.2 Å². The predicted octanol–water partition coefficient (Wildman–Crippen LogP) is 1.48. The lowest BCUT2D eigenvalue weighted by Crippen LogP contribution is -2.36. The smallest absolute Gasteiger partial charge is 0.225 e. The number of hydrogen-bond donors (Lipinski definition) is 2. The van der Waals surface area contributed by atoms with E-state index >= 15 is 0 Å². The Balaban J connectivity index is 1.42. The zero-order valence-corrected chi connectivity index (χ0v) is 13.9. The van der Waals surface area contributed by atoms with Crippen LogP contribution in [0.1, 0.15) is 24.8 Å². The van der Waals surface area contributed by atoms with Gasteiger partial charge in [-0.05, 0) is 30.9 Å². The SMILES string of the molecule is N#Cc1c(F)cccc1NCCNC(=O)[C@H]1CC(=O)N(CC2CC2)C1. The van der Waals surface area contributed by atoms with E-state index in [1.165, 1.54) is 25.0 Å². The molecule has 2 fully saturated rings. The Bertz CT molecular complexity index is 712. The molecule has 6 nitrogen and oxygen atoms in total. The highest BCUT2D eigenvalue weighted by Crippen LogP contribution is 2.31. The van der Waals surface area contributed by atoms with E-state index in [2.05, 4.69) is 10.6 Å². The molecule has 1 aliphatic carbocycles. The minimum Gasteiger partial charge on any atom is -0.382 e. The van der Waals surface area contributed by atoms with Crippen molar-refractivity contribution >= 4 is 17.5 Å². The summed E-state index contributed by atoms with van der Waals surface area (Å²) in [6, 6.07) is 6.20. The molecule has 25 heavy (non-hydrogen) atoms. The fourth-order valence-corrected chi connectivity index (χ4v) is 3.05. The molecule has 2 aliphatic rings. The van der Waals surface area contributed by atoms with Crippen LogP contribution in [-0.2, 0) is 9.59 Å². The summed E-state index contributed by atoms with van der Waals surface area (Å²) in [5.74, 6) is -0.320. The van der Waals surface area contributed by atoms with Gasteiger partial charge in [-0.3, -0.25) is 9.59 Å². The van der Waals surface area contributed by atoms with Gasteiger partial charge in [0.05, 0.1) is 11.6 Å². The summed E-state index contributed by atoms with van der Waals surface area (Å²) in [6.45, 7) is 1.99. The molecule has 1 aliphatic heterocycles. The van der Waals surface area contributed by atoms with Crippen molar-refractivity contribution in [2.75, 3.05) is 31.5 Å². The lowest BCUT2D eigenvalue weighted by molar-refractivity contribution is -0.129. The van der Waals surface area contributed by atoms with E-state index in [-0.39, 0.29) is 29.7 Å². The molecule has 0 radical (unpaired) electrons. The van der Waals surface area contributed by atoms with Crippen molar-refractivity contribution in [3.63, 3.8) is 0 Å². The van der Waals surface area contributed by atoms with Crippen LogP contribution in [0.5, 0.6) is 0 Å². The van der Waals surface area contributed by atoms with E-state index in [0.29, 0.717) is 31.2 Å². The van der Waals surface area contributed by atoms with Crippen LogP contribution in [0.3, 0.4) is 0 Å². The van der Waals surface area contributed by atoms with E-state index in [4.69, 9.17) is 5.26 Å². The van der Waals surface area contributed by atoms with Gasteiger partial charge in [0.2, 0.25) is 11.8 Å². The molecule has 0 spiro atoms. The molecule has 3 rings (SSSR count). The first-order chi connectivity index (χ1) is 12.1. The third-order valence-electron chi connectivity index (χ3n) is 4.63. The number of nitrogens with one attached hydrogen (secondary N) is 2. The van der Waals surface area contributed by atoms with Gasteiger partial charge in [0.15, 0.2) is 0 Å². The lowest BCUT2D eigenvalue weighted by atomic mass is 10.1. The maximum Gasteiger partial charge on any atom is 0.225 e. The van der Waals surface area contributed by atoms with E-state index in [9.17, 15) is 14.0 Å². The van der Waals surface area contributed by atoms with Crippen molar-refractivity contribution in [2.45, 2.75) is 19.3 Å². The maximum atomic E-state index is 13.5. The molecular weight excluding hydrogens is 323 g/mol. The first-order valence-corrected chi connectivity index (χ1v) is 8.56. The van der Waals surface area contributed by atoms with Crippen LogP contribution < -0.4 is 10.6 Å². The molecule has 132 valence electrons. The van der Waals surface area contributed by atoms with Gasteiger partial charge in [-0.1, -0.05) is 6.07 Å². The highest BCUT2D eigenvalue weighted by molar-refractivity contribution is 5.89. The van der Waals surface area contributed by atoms with Gasteiger partial charge in [0.1, 0.15) is 17.4 Å². The van der Waals surface area contributed by atoms with Gasteiger partial charge in [-0.25, -0.2) is 4.39 Å². The average Bonchev–Trinajstić information content (AvgIpc) is 3.33. The van der Waals surface area contributed by atoms with Crippen molar-refractivity contribution in [3.05, 3.63) is 29.6 Å². The van der Waals surface area contributed by atoms with Gasteiger partial charge in [-0.15, -0.1) is 0 Å². The number of benzene rings is 1. The second kappa shape index (κ2) is 7.51. The zero-order valence-electron chi connectivity index (χ0n) is 13.9. The molecule has 1 saturated heterocycles. The summed E-state index contributed by atoms with van der Waals surface area (Å²) in [7, 11) is 0. The fraction of sp³-hybridized carbons (Fsp3) is 0.500. The highest BCUT2D eigenvalue weighted by atomic mass is 19.1. The minimum absolute atomic E-state index is 0.0362. The Hall–Kier alpha value is -2.62. The summed E-state index contributed by atoms with van der Waals surface area (Å²) in [4.78, 5) is 25.9. The van der Waals surface area contributed by atoms with Gasteiger partial charge in [-0.2, -0.15) is 5.26 Å². The maximum absolute atomic E-state index is 13.5. The number of halogens is 1. The normalized spacial score (nSPS) is 19.6. The standard InChI is InChI=1S/C18H21FN4O2/c19-15-2-1-3-16(14(15)9-20)21-6-7-22-18(25)13-8-17(24)23(11-13)10-12-4-5-12/h1-3,12-13,21H,4-8,10-11H2,(H,22,25)/t13-/m0/s1. The van der Waals surface area contributed by atoms with Crippen LogP contribution in [-0.4, -0.2) is 42.9 Å². The molecule has 7 heteroatoms. The van der Waals surface area contributed by atoms with Gasteiger partial charge < -0.3 is 15.5 Å². The molecule has 1 heterocycles. The molecule has 0 aromatic heterocycles. The molecule has 0 unspecified atom stereocenters. The summed E-state index contributed by atoms with van der Waals surface area (Å²) < 4.78 is 13.5. The van der Waals surface area contributed by atoms with Crippen LogP contribution in [0.2, 0.25) is 0 Å². The molecule has 2 N–H and O–H groups in total. The van der Waals surface area contributed by atoms with Crippen molar-refractivity contribution in [1.82, 2.24) is 10.2 Å². The van der Waals surface area contributed by atoms with Gasteiger partial charge in [0, 0.05) is 32.6 Å². The molecule has 2 amide bonds. The fourth-order valence-electron chi connectivity index (χ4n) is 3.05. The summed E-state index contributed by atoms with van der Waals surface area (Å²) in [6.07, 6.45) is 2.63. The van der Waals surface area contributed by atoms with Gasteiger partial charge >= 0.3 is 0 Å². The molecule has 1 aromatic rings. The van der Waals surface area contributed by atoms with E-state index in [0.717, 1.165) is 6.54 Å². The minimum atomic E-state index is -0.572. The first kappa shape index (κ1) is 17.2. The summed E-state index contributed by atoms with van der Waals surface area (Å²) >= 11 is 0. The van der Waals surface area contributed by atoms with E-state index in [1.54, 1.807) is 11.0 Å². The van der Waals surface area contributed by atoms with Crippen molar-refractivity contribution < 1.29 is 14.0 Å². The number of carbonyl (C=O) groups is 2. The molecular formula is C18H21FN4O2. The Labute approximate surface area is 146 Å². The number of hydrogen-bond acceptors (Lipinski definition) is 4. The third kappa shape index (κ3) is 4.27. The van der Waals surface area contributed by atoms with E-state index in [1.807, 2.05) is 6.07 Å². The monoisotopic (exact) mass is 344 g/mol. The summed E-state index contributed by atoms with van der Waals surface area (Å²) in [5, 5.41) is 14.7. The Morgan fingerprint density at radius 2 is 2.16 bits per heavy atom. The topological polar surface area (TPSA) is 85.2 Å². The Morgan fingerprint density at radius 1 is 1.36 bits per heavy atom. The number of rotatable bonds is 7. The van der Waals surface area contributed by atoms with Crippen LogP contribution in [0, 0.1) is 29.0 Å². The zero-order chi connectivity index (χ0) is 17.8. The lowest BCUT2D eigenvalue weighted by Gasteiger charge is -2.16. The van der Waals surface area contributed by atoms with E-state index < -0.39 is 5.82 Å². The Morgan fingerprint density at radius 3 is 2.88 bits per heavy atom. The second-order valence-corrected chi connectivity index (χ2v) is 6.64. The molecule has 0 bridgehead atoms. The first-order valence-electron chi connectivity index (χ1n) is 8.56. The quantitative estimate of drug-likeness (QED) is 0.734.